The lowest BCUT2D eigenvalue weighted by Gasteiger charge is -2.34. The molecular weight excluding hydrogens is 364 g/mol. The summed E-state index contributed by atoms with van der Waals surface area (Å²) in [5, 5.41) is 8.36. The maximum Gasteiger partial charge on any atom is 0.291 e. The Kier molecular flexibility index (Phi) is 5.24. The molecule has 6 heteroatoms. The molecule has 0 aromatic carbocycles. The number of furan rings is 1. The minimum atomic E-state index is -0.194. The van der Waals surface area contributed by atoms with Crippen molar-refractivity contribution in [2.75, 3.05) is 18.4 Å². The number of nitrogens with zero attached hydrogens (tertiary/aromatic N) is 1. The Hall–Kier alpha value is -1.89. The Labute approximate surface area is 161 Å². The van der Waals surface area contributed by atoms with E-state index in [9.17, 15) is 4.79 Å². The molecule has 0 aliphatic carbocycles. The summed E-state index contributed by atoms with van der Waals surface area (Å²) in [7, 11) is 0. The molecule has 1 fully saturated rings. The molecule has 4 heterocycles. The van der Waals surface area contributed by atoms with Crippen LogP contribution >= 0.6 is 22.7 Å². The summed E-state index contributed by atoms with van der Waals surface area (Å²) in [5.74, 6) is 0.146. The van der Waals surface area contributed by atoms with E-state index in [0.29, 0.717) is 5.76 Å². The van der Waals surface area contributed by atoms with Crippen LogP contribution in [-0.4, -0.2) is 23.9 Å². The van der Waals surface area contributed by atoms with Crippen LogP contribution in [0.25, 0.3) is 0 Å². The standard InChI is InChI=1S/C20H22N2O2S2/c1-14-12-16(20(26-14)21-19(23)17-6-5-10-24-17)18(15-7-11-25-13-15)22-8-3-2-4-9-22/h5-7,10-13,18H,2-4,8-9H2,1H3,(H,21,23). The van der Waals surface area contributed by atoms with Gasteiger partial charge >= 0.3 is 0 Å². The molecule has 0 bridgehead atoms. The van der Waals surface area contributed by atoms with Crippen LogP contribution < -0.4 is 5.32 Å². The molecule has 4 nitrogen and oxygen atoms in total. The largest absolute Gasteiger partial charge is 0.459 e. The van der Waals surface area contributed by atoms with Crippen LogP contribution in [0.1, 0.15) is 51.9 Å². The van der Waals surface area contributed by atoms with E-state index in [4.69, 9.17) is 4.42 Å². The average Bonchev–Trinajstić information content (AvgIpc) is 3.39. The molecule has 1 saturated heterocycles. The first kappa shape index (κ1) is 17.5. The molecule has 0 radical (unpaired) electrons. The third-order valence-corrected chi connectivity index (χ3v) is 6.45. The van der Waals surface area contributed by atoms with Crippen LogP contribution in [0.2, 0.25) is 0 Å². The summed E-state index contributed by atoms with van der Waals surface area (Å²) >= 11 is 3.36. The van der Waals surface area contributed by atoms with Crippen LogP contribution in [0.15, 0.2) is 45.7 Å². The molecule has 1 aliphatic heterocycles. The number of thiophene rings is 2. The second-order valence-electron chi connectivity index (χ2n) is 6.63. The van der Waals surface area contributed by atoms with Crippen LogP contribution in [-0.2, 0) is 0 Å². The average molecular weight is 387 g/mol. The van der Waals surface area contributed by atoms with Crippen molar-refractivity contribution in [2.45, 2.75) is 32.2 Å². The number of amides is 1. The van der Waals surface area contributed by atoms with Gasteiger partial charge in [0.1, 0.15) is 5.00 Å². The van der Waals surface area contributed by atoms with Crippen molar-refractivity contribution < 1.29 is 9.21 Å². The Balaban J connectivity index is 1.68. The Morgan fingerprint density at radius 3 is 2.81 bits per heavy atom. The third-order valence-electron chi connectivity index (χ3n) is 4.77. The van der Waals surface area contributed by atoms with Gasteiger partial charge in [-0.05, 0) is 73.4 Å². The van der Waals surface area contributed by atoms with Crippen molar-refractivity contribution in [2.24, 2.45) is 0 Å². The quantitative estimate of drug-likeness (QED) is 0.626. The second-order valence-corrected chi connectivity index (χ2v) is 8.67. The highest BCUT2D eigenvalue weighted by atomic mass is 32.1. The zero-order chi connectivity index (χ0) is 17.9. The maximum atomic E-state index is 12.5. The van der Waals surface area contributed by atoms with Crippen molar-refractivity contribution in [3.05, 3.63) is 63.1 Å². The van der Waals surface area contributed by atoms with Gasteiger partial charge < -0.3 is 9.73 Å². The fraction of sp³-hybridized carbons (Fsp3) is 0.350. The number of anilines is 1. The van der Waals surface area contributed by atoms with E-state index in [1.165, 1.54) is 41.5 Å². The first-order chi connectivity index (χ1) is 12.7. The Morgan fingerprint density at radius 1 is 1.27 bits per heavy atom. The minimum Gasteiger partial charge on any atom is -0.459 e. The number of aryl methyl sites for hydroxylation is 1. The number of carbonyl (C=O) groups is 1. The molecule has 1 aliphatic rings. The van der Waals surface area contributed by atoms with Crippen molar-refractivity contribution in [1.29, 1.82) is 0 Å². The van der Waals surface area contributed by atoms with Gasteiger partial charge in [-0.3, -0.25) is 9.69 Å². The zero-order valence-electron chi connectivity index (χ0n) is 14.7. The summed E-state index contributed by atoms with van der Waals surface area (Å²) in [6.45, 7) is 4.29. The number of rotatable bonds is 5. The smallest absolute Gasteiger partial charge is 0.291 e. The minimum absolute atomic E-state index is 0.193. The summed E-state index contributed by atoms with van der Waals surface area (Å²) < 4.78 is 5.25. The molecule has 26 heavy (non-hydrogen) atoms. The molecule has 0 saturated carbocycles. The van der Waals surface area contributed by atoms with Crippen LogP contribution in [0, 0.1) is 6.92 Å². The highest BCUT2D eigenvalue weighted by Gasteiger charge is 2.28. The number of hydrogen-bond acceptors (Lipinski definition) is 5. The molecule has 4 rings (SSSR count). The Bertz CT molecular complexity index is 847. The van der Waals surface area contributed by atoms with Gasteiger partial charge in [-0.2, -0.15) is 11.3 Å². The van der Waals surface area contributed by atoms with Crippen molar-refractivity contribution in [1.82, 2.24) is 4.90 Å². The lowest BCUT2D eigenvalue weighted by atomic mass is 9.98. The molecule has 0 spiro atoms. The van der Waals surface area contributed by atoms with Crippen molar-refractivity contribution >= 4 is 33.6 Å². The zero-order valence-corrected chi connectivity index (χ0v) is 16.4. The van der Waals surface area contributed by atoms with Gasteiger partial charge in [0, 0.05) is 10.4 Å². The Morgan fingerprint density at radius 2 is 2.12 bits per heavy atom. The molecule has 3 aromatic rings. The monoisotopic (exact) mass is 386 g/mol. The third kappa shape index (κ3) is 3.63. The van der Waals surface area contributed by atoms with E-state index < -0.39 is 0 Å². The summed E-state index contributed by atoms with van der Waals surface area (Å²) in [4.78, 5) is 16.3. The van der Waals surface area contributed by atoms with E-state index in [0.717, 1.165) is 18.1 Å². The second kappa shape index (κ2) is 7.78. The molecular formula is C20H22N2O2S2. The maximum absolute atomic E-state index is 12.5. The summed E-state index contributed by atoms with van der Waals surface area (Å²) in [6, 6.07) is 8.04. The van der Waals surface area contributed by atoms with E-state index in [2.05, 4.69) is 40.0 Å². The van der Waals surface area contributed by atoms with E-state index in [1.807, 2.05) is 0 Å². The summed E-state index contributed by atoms with van der Waals surface area (Å²) in [5.41, 5.74) is 2.50. The van der Waals surface area contributed by atoms with Gasteiger partial charge in [0.2, 0.25) is 0 Å². The van der Waals surface area contributed by atoms with Crippen molar-refractivity contribution in [3.8, 4) is 0 Å². The predicted molar refractivity (Wildman–Crippen MR) is 107 cm³/mol. The normalized spacial score (nSPS) is 16.5. The first-order valence-corrected chi connectivity index (χ1v) is 10.7. The van der Waals surface area contributed by atoms with Gasteiger partial charge in [0.15, 0.2) is 5.76 Å². The molecule has 136 valence electrons. The lowest BCUT2D eigenvalue weighted by Crippen LogP contribution is -2.34. The highest BCUT2D eigenvalue weighted by molar-refractivity contribution is 7.16. The fourth-order valence-electron chi connectivity index (χ4n) is 3.60. The first-order valence-electron chi connectivity index (χ1n) is 8.93. The molecule has 1 atom stereocenters. The van der Waals surface area contributed by atoms with Gasteiger partial charge in [0.05, 0.1) is 12.3 Å². The van der Waals surface area contributed by atoms with E-state index >= 15 is 0 Å². The van der Waals surface area contributed by atoms with E-state index in [-0.39, 0.29) is 11.9 Å². The number of piperidine rings is 1. The number of likely N-dealkylation sites (tertiary alicyclic amines) is 1. The number of hydrogen-bond donors (Lipinski definition) is 1. The highest BCUT2D eigenvalue weighted by Crippen LogP contribution is 2.40. The summed E-state index contributed by atoms with van der Waals surface area (Å²) in [6.07, 6.45) is 5.30. The van der Waals surface area contributed by atoms with E-state index in [1.54, 1.807) is 34.8 Å². The van der Waals surface area contributed by atoms with Crippen LogP contribution in [0.3, 0.4) is 0 Å². The molecule has 1 amide bonds. The molecule has 1 unspecified atom stereocenters. The van der Waals surface area contributed by atoms with Crippen molar-refractivity contribution in [3.63, 3.8) is 0 Å². The molecule has 1 N–H and O–H groups in total. The van der Waals surface area contributed by atoms with Crippen LogP contribution in [0.4, 0.5) is 5.00 Å². The lowest BCUT2D eigenvalue weighted by molar-refractivity contribution is 0.0996. The van der Waals surface area contributed by atoms with Gasteiger partial charge in [0.25, 0.3) is 5.91 Å². The van der Waals surface area contributed by atoms with Gasteiger partial charge in [-0.1, -0.05) is 6.42 Å². The molecule has 3 aromatic heterocycles. The fourth-order valence-corrected chi connectivity index (χ4v) is 5.22. The number of carbonyl (C=O) groups excluding carboxylic acids is 1. The van der Waals surface area contributed by atoms with Gasteiger partial charge in [-0.15, -0.1) is 11.3 Å². The SMILES string of the molecule is Cc1cc(C(c2ccsc2)N2CCCCC2)c(NC(=O)c2ccco2)s1. The van der Waals surface area contributed by atoms with Crippen LogP contribution in [0.5, 0.6) is 0 Å². The predicted octanol–water partition coefficient (Wildman–Crippen LogP) is 5.54. The number of nitrogens with one attached hydrogen (secondary N) is 1. The topological polar surface area (TPSA) is 45.5 Å². The van der Waals surface area contributed by atoms with Gasteiger partial charge in [-0.25, -0.2) is 0 Å².